The normalized spacial score (nSPS) is 10.3. The molecular weight excluding hydrogens is 280 g/mol. The maximum Gasteiger partial charge on any atom is 0.154 e. The molecule has 3 aromatic rings. The van der Waals surface area contributed by atoms with Crippen molar-refractivity contribution in [3.05, 3.63) is 76.5 Å². The summed E-state index contributed by atoms with van der Waals surface area (Å²) in [6, 6.07) is 17.6. The largest absolute Gasteiger partial charge is 0.488 e. The van der Waals surface area contributed by atoms with Crippen molar-refractivity contribution in [2.24, 2.45) is 0 Å². The Bertz CT molecular complexity index is 718. The predicted molar refractivity (Wildman–Crippen MR) is 85.9 cm³/mol. The van der Waals surface area contributed by atoms with Crippen LogP contribution in [0.5, 0.6) is 5.75 Å². The van der Waals surface area contributed by atoms with E-state index in [0.29, 0.717) is 17.9 Å². The number of carbonyl (C=O) groups excluding carboxylic acids is 1. The van der Waals surface area contributed by atoms with Crippen LogP contribution in [-0.4, -0.2) is 6.29 Å². The van der Waals surface area contributed by atoms with Crippen molar-refractivity contribution in [3.63, 3.8) is 0 Å². The zero-order chi connectivity index (χ0) is 14.5. The smallest absolute Gasteiger partial charge is 0.154 e. The Labute approximate surface area is 127 Å². The minimum Gasteiger partial charge on any atom is -0.488 e. The second kappa shape index (κ2) is 6.37. The van der Waals surface area contributed by atoms with Crippen LogP contribution in [0.4, 0.5) is 0 Å². The van der Waals surface area contributed by atoms with Crippen LogP contribution < -0.4 is 4.74 Å². The number of hydrogen-bond acceptors (Lipinski definition) is 3. The number of thiophene rings is 1. The lowest BCUT2D eigenvalue weighted by Gasteiger charge is -2.11. The summed E-state index contributed by atoms with van der Waals surface area (Å²) in [7, 11) is 0. The number of carbonyl (C=O) groups is 1. The molecule has 0 aliphatic carbocycles. The molecule has 0 fully saturated rings. The fraction of sp³-hybridized carbons (Fsp3) is 0.0556. The molecule has 3 heteroatoms. The maximum absolute atomic E-state index is 11.5. The summed E-state index contributed by atoms with van der Waals surface area (Å²) in [6.07, 6.45) is 0.868. The van der Waals surface area contributed by atoms with Gasteiger partial charge >= 0.3 is 0 Å². The van der Waals surface area contributed by atoms with E-state index in [0.717, 1.165) is 23.0 Å². The summed E-state index contributed by atoms with van der Waals surface area (Å²) >= 11 is 1.61. The van der Waals surface area contributed by atoms with Gasteiger partial charge in [-0.3, -0.25) is 4.79 Å². The van der Waals surface area contributed by atoms with Gasteiger partial charge in [-0.1, -0.05) is 42.5 Å². The number of aldehydes is 1. The number of ether oxygens (including phenoxy) is 1. The van der Waals surface area contributed by atoms with Gasteiger partial charge in [-0.15, -0.1) is 0 Å². The SMILES string of the molecule is O=Cc1c(OCc2ccccc2)cccc1-c1ccsc1. The van der Waals surface area contributed by atoms with E-state index in [9.17, 15) is 4.79 Å². The first-order valence-corrected chi connectivity index (χ1v) is 7.60. The summed E-state index contributed by atoms with van der Waals surface area (Å²) in [5, 5.41) is 4.03. The lowest BCUT2D eigenvalue weighted by molar-refractivity contribution is 0.111. The highest BCUT2D eigenvalue weighted by Gasteiger charge is 2.11. The van der Waals surface area contributed by atoms with Gasteiger partial charge in [-0.25, -0.2) is 0 Å². The second-order valence-electron chi connectivity index (χ2n) is 4.62. The topological polar surface area (TPSA) is 26.3 Å². The fourth-order valence-electron chi connectivity index (χ4n) is 2.20. The molecule has 0 aliphatic heterocycles. The van der Waals surface area contributed by atoms with E-state index >= 15 is 0 Å². The minimum atomic E-state index is 0.453. The van der Waals surface area contributed by atoms with Crippen LogP contribution in [-0.2, 0) is 6.61 Å². The molecule has 0 amide bonds. The van der Waals surface area contributed by atoms with Gasteiger partial charge in [0.1, 0.15) is 12.4 Å². The van der Waals surface area contributed by atoms with E-state index in [-0.39, 0.29) is 0 Å². The highest BCUT2D eigenvalue weighted by Crippen LogP contribution is 2.31. The monoisotopic (exact) mass is 294 g/mol. The van der Waals surface area contributed by atoms with Crippen LogP contribution in [0.2, 0.25) is 0 Å². The van der Waals surface area contributed by atoms with Crippen LogP contribution >= 0.6 is 11.3 Å². The first kappa shape index (κ1) is 13.6. The van der Waals surface area contributed by atoms with E-state index < -0.39 is 0 Å². The molecule has 2 nitrogen and oxygen atoms in total. The third-order valence-electron chi connectivity index (χ3n) is 3.25. The molecule has 0 radical (unpaired) electrons. The van der Waals surface area contributed by atoms with Crippen LogP contribution in [0.3, 0.4) is 0 Å². The molecule has 3 rings (SSSR count). The molecule has 2 aromatic carbocycles. The Kier molecular flexibility index (Phi) is 4.12. The Morgan fingerprint density at radius 1 is 1.00 bits per heavy atom. The van der Waals surface area contributed by atoms with Gasteiger partial charge in [0, 0.05) is 0 Å². The zero-order valence-corrected chi connectivity index (χ0v) is 12.2. The van der Waals surface area contributed by atoms with Crippen LogP contribution in [0.1, 0.15) is 15.9 Å². The Balaban J connectivity index is 1.89. The van der Waals surface area contributed by atoms with Gasteiger partial charge < -0.3 is 4.74 Å². The third kappa shape index (κ3) is 3.03. The molecule has 0 atom stereocenters. The molecule has 1 aromatic heterocycles. The van der Waals surface area contributed by atoms with Crippen molar-refractivity contribution in [2.45, 2.75) is 6.61 Å². The Morgan fingerprint density at radius 3 is 2.57 bits per heavy atom. The van der Waals surface area contributed by atoms with Crippen molar-refractivity contribution < 1.29 is 9.53 Å². The standard InChI is InChI=1S/C18H14O2S/c19-11-17-16(15-9-10-21-13-15)7-4-8-18(17)20-12-14-5-2-1-3-6-14/h1-11,13H,12H2. The molecule has 0 spiro atoms. The molecule has 104 valence electrons. The van der Waals surface area contributed by atoms with Gasteiger partial charge in [-0.2, -0.15) is 11.3 Å². The summed E-state index contributed by atoms with van der Waals surface area (Å²) in [6.45, 7) is 0.453. The predicted octanol–water partition coefficient (Wildman–Crippen LogP) is 4.81. The van der Waals surface area contributed by atoms with Gasteiger partial charge in [-0.05, 0) is 39.6 Å². The summed E-state index contributed by atoms with van der Waals surface area (Å²) in [5.41, 5.74) is 3.64. The summed E-state index contributed by atoms with van der Waals surface area (Å²) in [5.74, 6) is 0.623. The zero-order valence-electron chi connectivity index (χ0n) is 11.4. The summed E-state index contributed by atoms with van der Waals surface area (Å²) < 4.78 is 5.82. The number of hydrogen-bond donors (Lipinski definition) is 0. The molecule has 21 heavy (non-hydrogen) atoms. The van der Waals surface area contributed by atoms with Crippen molar-refractivity contribution >= 4 is 17.6 Å². The Hall–Kier alpha value is -2.39. The van der Waals surface area contributed by atoms with Gasteiger partial charge in [0.15, 0.2) is 6.29 Å². The molecule has 0 saturated carbocycles. The van der Waals surface area contributed by atoms with E-state index in [1.54, 1.807) is 11.3 Å². The first-order chi connectivity index (χ1) is 10.4. The first-order valence-electron chi connectivity index (χ1n) is 6.66. The molecule has 0 aliphatic rings. The van der Waals surface area contributed by atoms with E-state index in [2.05, 4.69) is 0 Å². The molecule has 0 saturated heterocycles. The van der Waals surface area contributed by atoms with E-state index in [1.807, 2.05) is 65.4 Å². The lowest BCUT2D eigenvalue weighted by atomic mass is 10.0. The minimum absolute atomic E-state index is 0.453. The van der Waals surface area contributed by atoms with Gasteiger partial charge in [0.05, 0.1) is 5.56 Å². The molecule has 0 bridgehead atoms. The summed E-state index contributed by atoms with van der Waals surface area (Å²) in [4.78, 5) is 11.5. The van der Waals surface area contributed by atoms with E-state index in [1.165, 1.54) is 0 Å². The highest BCUT2D eigenvalue weighted by atomic mass is 32.1. The second-order valence-corrected chi connectivity index (χ2v) is 5.40. The van der Waals surface area contributed by atoms with Crippen LogP contribution in [0.25, 0.3) is 11.1 Å². The van der Waals surface area contributed by atoms with E-state index in [4.69, 9.17) is 4.74 Å². The molecular formula is C18H14O2S. The van der Waals surface area contributed by atoms with Gasteiger partial charge in [0.25, 0.3) is 0 Å². The van der Waals surface area contributed by atoms with Crippen LogP contribution in [0.15, 0.2) is 65.4 Å². The van der Waals surface area contributed by atoms with Gasteiger partial charge in [0.2, 0.25) is 0 Å². The van der Waals surface area contributed by atoms with Crippen molar-refractivity contribution in [3.8, 4) is 16.9 Å². The number of rotatable bonds is 5. The average molecular weight is 294 g/mol. The Morgan fingerprint density at radius 2 is 1.86 bits per heavy atom. The fourth-order valence-corrected chi connectivity index (χ4v) is 2.85. The lowest BCUT2D eigenvalue weighted by Crippen LogP contribution is -1.99. The average Bonchev–Trinajstić information content (AvgIpc) is 3.07. The number of benzene rings is 2. The molecule has 0 unspecified atom stereocenters. The molecule has 1 heterocycles. The van der Waals surface area contributed by atoms with Crippen LogP contribution in [0, 0.1) is 0 Å². The highest BCUT2D eigenvalue weighted by molar-refractivity contribution is 7.08. The maximum atomic E-state index is 11.5. The third-order valence-corrected chi connectivity index (χ3v) is 3.94. The quantitative estimate of drug-likeness (QED) is 0.631. The van der Waals surface area contributed by atoms with Crippen molar-refractivity contribution in [1.29, 1.82) is 0 Å². The van der Waals surface area contributed by atoms with Crippen molar-refractivity contribution in [1.82, 2.24) is 0 Å². The molecule has 0 N–H and O–H groups in total. The van der Waals surface area contributed by atoms with Crippen molar-refractivity contribution in [2.75, 3.05) is 0 Å².